The Morgan fingerprint density at radius 2 is 2.00 bits per heavy atom. The van der Waals surface area contributed by atoms with Crippen LogP contribution in [-0.2, 0) is 6.42 Å². The molecule has 6 heteroatoms. The Bertz CT molecular complexity index is 858. The van der Waals surface area contributed by atoms with Gasteiger partial charge in [0.1, 0.15) is 9.71 Å². The lowest BCUT2D eigenvalue weighted by atomic mass is 10.2. The molecule has 3 N–H and O–H groups in total. The summed E-state index contributed by atoms with van der Waals surface area (Å²) in [5, 5.41) is 3.71. The number of aryl methyl sites for hydroxylation is 1. The molecule has 0 fully saturated rings. The van der Waals surface area contributed by atoms with Gasteiger partial charge in [-0.25, -0.2) is 4.98 Å². The van der Waals surface area contributed by atoms with Gasteiger partial charge in [-0.3, -0.25) is 4.79 Å². The van der Waals surface area contributed by atoms with Crippen LogP contribution < -0.4 is 11.1 Å². The second-order valence-corrected chi connectivity index (χ2v) is 7.13. The monoisotopic (exact) mass is 389 g/mol. The third kappa shape index (κ3) is 3.38. The first-order valence-corrected chi connectivity index (χ1v) is 8.94. The van der Waals surface area contributed by atoms with Gasteiger partial charge in [0.2, 0.25) is 0 Å². The second-order valence-electron chi connectivity index (χ2n) is 5.21. The third-order valence-corrected chi connectivity index (χ3v) is 5.11. The third-order valence-electron chi connectivity index (χ3n) is 3.47. The van der Waals surface area contributed by atoms with Gasteiger partial charge < -0.3 is 11.1 Å². The van der Waals surface area contributed by atoms with Crippen molar-refractivity contribution < 1.29 is 4.79 Å². The Labute approximate surface area is 146 Å². The number of halogens is 1. The van der Waals surface area contributed by atoms with Crippen LogP contribution in [0.25, 0.3) is 10.2 Å². The van der Waals surface area contributed by atoms with Crippen molar-refractivity contribution in [3.63, 3.8) is 0 Å². The average molecular weight is 390 g/mol. The molecule has 0 aliphatic rings. The summed E-state index contributed by atoms with van der Waals surface area (Å²) in [5.74, 6) is -0.204. The minimum Gasteiger partial charge on any atom is -0.397 e. The summed E-state index contributed by atoms with van der Waals surface area (Å²) in [6.07, 6.45) is 1.96. The predicted molar refractivity (Wildman–Crippen MR) is 100 cm³/mol. The maximum Gasteiger partial charge on any atom is 0.267 e. The normalized spacial score (nSPS) is 10.9. The van der Waals surface area contributed by atoms with Crippen LogP contribution >= 0.6 is 27.3 Å². The van der Waals surface area contributed by atoms with Crippen molar-refractivity contribution in [1.82, 2.24) is 4.98 Å². The molecular formula is C17H16BrN3OS. The molecule has 0 aliphatic heterocycles. The molecule has 0 atom stereocenters. The SMILES string of the molecule is CCCc1ccc2c(N)c(C(=O)Nc3ccc(Br)cc3)sc2n1. The van der Waals surface area contributed by atoms with Crippen molar-refractivity contribution in [2.75, 3.05) is 11.1 Å². The number of thiophene rings is 1. The number of anilines is 2. The van der Waals surface area contributed by atoms with E-state index < -0.39 is 0 Å². The summed E-state index contributed by atoms with van der Waals surface area (Å²) in [6, 6.07) is 11.4. The van der Waals surface area contributed by atoms with E-state index in [4.69, 9.17) is 5.73 Å². The molecule has 0 unspecified atom stereocenters. The van der Waals surface area contributed by atoms with Crippen molar-refractivity contribution in [2.45, 2.75) is 19.8 Å². The van der Waals surface area contributed by atoms with Crippen LogP contribution in [0, 0.1) is 0 Å². The molecular weight excluding hydrogens is 374 g/mol. The minimum atomic E-state index is -0.204. The number of hydrogen-bond acceptors (Lipinski definition) is 4. The Morgan fingerprint density at radius 3 is 2.70 bits per heavy atom. The summed E-state index contributed by atoms with van der Waals surface area (Å²) in [4.78, 5) is 18.4. The lowest BCUT2D eigenvalue weighted by molar-refractivity contribution is 0.103. The predicted octanol–water partition coefficient (Wildman–Crippen LogP) is 4.85. The minimum absolute atomic E-state index is 0.204. The van der Waals surface area contributed by atoms with Crippen molar-refractivity contribution in [3.8, 4) is 0 Å². The van der Waals surface area contributed by atoms with Gasteiger partial charge in [0, 0.05) is 21.2 Å². The zero-order valence-corrected chi connectivity index (χ0v) is 15.0. The zero-order chi connectivity index (χ0) is 16.4. The number of carbonyl (C=O) groups excluding carboxylic acids is 1. The van der Waals surface area contributed by atoms with E-state index in [1.807, 2.05) is 36.4 Å². The van der Waals surface area contributed by atoms with Gasteiger partial charge in [0.25, 0.3) is 5.91 Å². The molecule has 3 aromatic rings. The van der Waals surface area contributed by atoms with E-state index in [2.05, 4.69) is 33.2 Å². The smallest absolute Gasteiger partial charge is 0.267 e. The van der Waals surface area contributed by atoms with Crippen LogP contribution in [0.4, 0.5) is 11.4 Å². The van der Waals surface area contributed by atoms with Crippen LogP contribution in [0.2, 0.25) is 0 Å². The van der Waals surface area contributed by atoms with E-state index in [0.717, 1.165) is 38.9 Å². The summed E-state index contributed by atoms with van der Waals surface area (Å²) >= 11 is 4.71. The summed E-state index contributed by atoms with van der Waals surface area (Å²) in [5.41, 5.74) is 8.40. The molecule has 0 aliphatic carbocycles. The van der Waals surface area contributed by atoms with E-state index >= 15 is 0 Å². The molecule has 1 aromatic carbocycles. The van der Waals surface area contributed by atoms with Gasteiger partial charge in [-0.1, -0.05) is 29.3 Å². The highest BCUT2D eigenvalue weighted by Crippen LogP contribution is 2.33. The number of hydrogen-bond donors (Lipinski definition) is 2. The number of benzene rings is 1. The fourth-order valence-corrected chi connectivity index (χ4v) is 3.59. The van der Waals surface area contributed by atoms with Crippen LogP contribution in [-0.4, -0.2) is 10.9 Å². The van der Waals surface area contributed by atoms with E-state index in [0.29, 0.717) is 10.6 Å². The largest absolute Gasteiger partial charge is 0.397 e. The van der Waals surface area contributed by atoms with E-state index in [1.165, 1.54) is 11.3 Å². The van der Waals surface area contributed by atoms with E-state index in [-0.39, 0.29) is 5.91 Å². The lowest BCUT2D eigenvalue weighted by Gasteiger charge is -2.04. The molecule has 0 spiro atoms. The van der Waals surface area contributed by atoms with Gasteiger partial charge in [-0.15, -0.1) is 11.3 Å². The average Bonchev–Trinajstić information content (AvgIpc) is 2.87. The number of aromatic nitrogens is 1. The van der Waals surface area contributed by atoms with Crippen molar-refractivity contribution in [3.05, 3.63) is 51.4 Å². The van der Waals surface area contributed by atoms with Gasteiger partial charge in [-0.2, -0.15) is 0 Å². The maximum atomic E-state index is 12.5. The molecule has 2 heterocycles. The van der Waals surface area contributed by atoms with Crippen LogP contribution in [0.15, 0.2) is 40.9 Å². The number of nitrogens with one attached hydrogen (secondary N) is 1. The summed E-state index contributed by atoms with van der Waals surface area (Å²) in [7, 11) is 0. The Morgan fingerprint density at radius 1 is 1.26 bits per heavy atom. The Kier molecular flexibility index (Phi) is 4.63. The molecule has 118 valence electrons. The number of nitrogens with two attached hydrogens (primary N) is 1. The number of amides is 1. The molecule has 1 amide bonds. The molecule has 3 rings (SSSR count). The first kappa shape index (κ1) is 16.0. The topological polar surface area (TPSA) is 68.0 Å². The molecule has 0 bridgehead atoms. The first-order chi connectivity index (χ1) is 11.1. The first-order valence-electron chi connectivity index (χ1n) is 7.33. The second kappa shape index (κ2) is 6.68. The fourth-order valence-electron chi connectivity index (χ4n) is 2.32. The van der Waals surface area contributed by atoms with Gasteiger partial charge in [0.15, 0.2) is 0 Å². The molecule has 4 nitrogen and oxygen atoms in total. The highest BCUT2D eigenvalue weighted by molar-refractivity contribution is 9.10. The van der Waals surface area contributed by atoms with E-state index in [9.17, 15) is 4.79 Å². The number of carbonyl (C=O) groups is 1. The van der Waals surface area contributed by atoms with Crippen LogP contribution in [0.1, 0.15) is 28.7 Å². The van der Waals surface area contributed by atoms with E-state index in [1.54, 1.807) is 0 Å². The number of rotatable bonds is 4. The summed E-state index contributed by atoms with van der Waals surface area (Å²) < 4.78 is 0.963. The highest BCUT2D eigenvalue weighted by atomic mass is 79.9. The standard InChI is InChI=1S/C17H16BrN3OS/c1-2-3-11-8-9-13-14(19)15(23-17(13)21-11)16(22)20-12-6-4-10(18)5-7-12/h4-9H,2-3,19H2,1H3,(H,20,22). The molecule has 2 aromatic heterocycles. The maximum absolute atomic E-state index is 12.5. The molecule has 23 heavy (non-hydrogen) atoms. The number of fused-ring (bicyclic) bond motifs is 1. The van der Waals surface area contributed by atoms with Crippen LogP contribution in [0.5, 0.6) is 0 Å². The zero-order valence-electron chi connectivity index (χ0n) is 12.6. The van der Waals surface area contributed by atoms with Crippen molar-refractivity contribution >= 4 is 54.8 Å². The Balaban J connectivity index is 1.90. The highest BCUT2D eigenvalue weighted by Gasteiger charge is 2.17. The molecule has 0 saturated heterocycles. The molecule has 0 radical (unpaired) electrons. The van der Waals surface area contributed by atoms with Gasteiger partial charge in [-0.05, 0) is 42.8 Å². The Hall–Kier alpha value is -1.92. The number of nitrogen functional groups attached to an aromatic ring is 1. The summed E-state index contributed by atoms with van der Waals surface area (Å²) in [6.45, 7) is 2.12. The molecule has 0 saturated carbocycles. The van der Waals surface area contributed by atoms with Gasteiger partial charge >= 0.3 is 0 Å². The van der Waals surface area contributed by atoms with Crippen molar-refractivity contribution in [1.29, 1.82) is 0 Å². The quantitative estimate of drug-likeness (QED) is 0.670. The number of nitrogens with zero attached hydrogens (tertiary/aromatic N) is 1. The van der Waals surface area contributed by atoms with Gasteiger partial charge in [0.05, 0.1) is 5.69 Å². The van der Waals surface area contributed by atoms with Crippen LogP contribution in [0.3, 0.4) is 0 Å². The van der Waals surface area contributed by atoms with Crippen molar-refractivity contribution in [2.24, 2.45) is 0 Å². The number of pyridine rings is 1. The lowest BCUT2D eigenvalue weighted by Crippen LogP contribution is -2.11. The fraction of sp³-hybridized carbons (Fsp3) is 0.176.